The fraction of sp³-hybridized carbons (Fsp3) is 0.318. The van der Waals surface area contributed by atoms with Crippen LogP contribution in [0.5, 0.6) is 0 Å². The second-order valence-electron chi connectivity index (χ2n) is 7.31. The van der Waals surface area contributed by atoms with Gasteiger partial charge in [-0.3, -0.25) is 0 Å². The summed E-state index contributed by atoms with van der Waals surface area (Å²) in [6, 6.07) is 11.0. The van der Waals surface area contributed by atoms with Gasteiger partial charge < -0.3 is 4.42 Å². The van der Waals surface area contributed by atoms with E-state index in [1.807, 2.05) is 6.92 Å². The largest absolute Gasteiger partial charge is 0.423 e. The molecule has 0 aliphatic rings. The van der Waals surface area contributed by atoms with Crippen molar-refractivity contribution in [2.75, 3.05) is 13.6 Å². The third-order valence-corrected chi connectivity index (χ3v) is 6.85. The lowest BCUT2D eigenvalue weighted by atomic mass is 10.0. The topological polar surface area (TPSA) is 67.6 Å². The monoisotopic (exact) mass is 453 g/mol. The van der Waals surface area contributed by atoms with Crippen molar-refractivity contribution in [2.45, 2.75) is 37.3 Å². The van der Waals surface area contributed by atoms with Crippen molar-refractivity contribution in [1.82, 2.24) is 4.31 Å². The number of fused-ring (bicyclic) bond motifs is 1. The average Bonchev–Trinajstić information content (AvgIpc) is 2.71. The molecule has 3 aromatic rings. The second-order valence-corrected chi connectivity index (χ2v) is 9.35. The Morgan fingerprint density at radius 1 is 1.00 bits per heavy atom. The van der Waals surface area contributed by atoms with Crippen LogP contribution in [0.25, 0.3) is 11.0 Å². The number of sulfonamides is 1. The normalized spacial score (nSPS) is 12.6. The molecule has 0 saturated carbocycles. The Bertz CT molecular complexity index is 1230. The van der Waals surface area contributed by atoms with Gasteiger partial charge in [-0.15, -0.1) is 0 Å². The van der Waals surface area contributed by atoms with E-state index < -0.39 is 27.4 Å². The minimum Gasteiger partial charge on any atom is -0.423 e. The summed E-state index contributed by atoms with van der Waals surface area (Å²) in [5.74, 6) is 0. The van der Waals surface area contributed by atoms with E-state index in [1.54, 1.807) is 18.2 Å². The predicted molar refractivity (Wildman–Crippen MR) is 111 cm³/mol. The van der Waals surface area contributed by atoms with Gasteiger partial charge in [-0.25, -0.2) is 17.5 Å². The minimum absolute atomic E-state index is 0.139. The highest BCUT2D eigenvalue weighted by Crippen LogP contribution is 2.34. The summed E-state index contributed by atoms with van der Waals surface area (Å²) in [6.45, 7) is 2.41. The zero-order chi connectivity index (χ0) is 22.8. The molecule has 166 valence electrons. The van der Waals surface area contributed by atoms with Crippen LogP contribution >= 0.6 is 0 Å². The van der Waals surface area contributed by atoms with Gasteiger partial charge in [-0.1, -0.05) is 31.5 Å². The number of nitrogens with zero attached hydrogens (tertiary/aromatic N) is 1. The number of hydrogen-bond donors (Lipinski definition) is 0. The molecule has 1 heterocycles. The van der Waals surface area contributed by atoms with E-state index in [2.05, 4.69) is 0 Å². The lowest BCUT2D eigenvalue weighted by Crippen LogP contribution is -2.27. The van der Waals surface area contributed by atoms with Crippen molar-refractivity contribution in [1.29, 1.82) is 0 Å². The lowest BCUT2D eigenvalue weighted by Gasteiger charge is -2.17. The maximum atomic E-state index is 13.3. The highest BCUT2D eigenvalue weighted by Gasteiger charge is 2.33. The molecular formula is C22H22F3NO4S. The molecule has 0 aliphatic heterocycles. The number of rotatable bonds is 7. The first kappa shape index (κ1) is 23.0. The van der Waals surface area contributed by atoms with E-state index in [0.29, 0.717) is 24.6 Å². The molecule has 0 unspecified atom stereocenters. The van der Waals surface area contributed by atoms with Gasteiger partial charge in [-0.2, -0.15) is 13.2 Å². The minimum atomic E-state index is -4.69. The molecule has 9 heteroatoms. The molecule has 0 saturated heterocycles. The van der Waals surface area contributed by atoms with Crippen LogP contribution in [0.4, 0.5) is 13.2 Å². The molecule has 0 spiro atoms. The third kappa shape index (κ3) is 5.16. The van der Waals surface area contributed by atoms with E-state index in [9.17, 15) is 26.4 Å². The highest BCUT2D eigenvalue weighted by molar-refractivity contribution is 7.89. The Kier molecular flexibility index (Phi) is 6.56. The quantitative estimate of drug-likeness (QED) is 0.481. The van der Waals surface area contributed by atoms with Gasteiger partial charge in [0.05, 0.1) is 10.5 Å². The first-order valence-corrected chi connectivity index (χ1v) is 11.2. The Morgan fingerprint density at radius 2 is 1.65 bits per heavy atom. The maximum absolute atomic E-state index is 13.3. The van der Waals surface area contributed by atoms with Gasteiger partial charge in [0, 0.05) is 25.0 Å². The molecular weight excluding hydrogens is 431 g/mol. The molecule has 31 heavy (non-hydrogen) atoms. The SMILES string of the molecule is CCCCN(C)S(=O)(=O)c1ccc(Cc2ccc3oc(=O)cc(C(F)(F)F)c3c2)cc1. The van der Waals surface area contributed by atoms with Crippen molar-refractivity contribution in [3.8, 4) is 0 Å². The molecule has 1 aromatic heterocycles. The number of alkyl halides is 3. The smallest absolute Gasteiger partial charge is 0.417 e. The van der Waals surface area contributed by atoms with Crippen molar-refractivity contribution in [3.63, 3.8) is 0 Å². The number of hydrogen-bond acceptors (Lipinski definition) is 4. The molecule has 0 fully saturated rings. The van der Waals surface area contributed by atoms with Crippen molar-refractivity contribution >= 4 is 21.0 Å². The van der Waals surface area contributed by atoms with Crippen molar-refractivity contribution in [3.05, 3.63) is 75.6 Å². The molecule has 0 N–H and O–H groups in total. The third-order valence-electron chi connectivity index (χ3n) is 4.98. The van der Waals surface area contributed by atoms with E-state index in [1.165, 1.54) is 35.6 Å². The molecule has 0 radical (unpaired) electrons. The summed E-state index contributed by atoms with van der Waals surface area (Å²) in [5, 5.41) is -0.193. The van der Waals surface area contributed by atoms with Gasteiger partial charge in [0.1, 0.15) is 5.58 Å². The Hall–Kier alpha value is -2.65. The number of unbranched alkanes of at least 4 members (excludes halogenated alkanes) is 1. The summed E-state index contributed by atoms with van der Waals surface area (Å²) in [5.41, 5.74) is -0.937. The Labute approximate surface area is 178 Å². The van der Waals surface area contributed by atoms with Crippen molar-refractivity contribution < 1.29 is 26.0 Å². The molecule has 0 atom stereocenters. The zero-order valence-corrected chi connectivity index (χ0v) is 17.9. The van der Waals surface area contributed by atoms with E-state index in [4.69, 9.17) is 4.42 Å². The van der Waals surface area contributed by atoms with Crippen molar-refractivity contribution in [2.24, 2.45) is 0 Å². The van der Waals surface area contributed by atoms with E-state index in [-0.39, 0.29) is 15.9 Å². The number of benzene rings is 2. The fourth-order valence-corrected chi connectivity index (χ4v) is 4.46. The van der Waals surface area contributed by atoms with Gasteiger partial charge in [0.2, 0.25) is 10.0 Å². The van der Waals surface area contributed by atoms with Crippen LogP contribution in [0, 0.1) is 0 Å². The lowest BCUT2D eigenvalue weighted by molar-refractivity contribution is -0.136. The van der Waals surface area contributed by atoms with Crippen LogP contribution in [0.1, 0.15) is 36.5 Å². The molecule has 0 amide bonds. The standard InChI is InChI=1S/C22H22F3NO4S/c1-3-4-11-26(2)31(28,29)17-8-5-15(6-9-17)12-16-7-10-20-18(13-16)19(22(23,24)25)14-21(27)30-20/h5-10,13-14H,3-4,11-12H2,1-2H3. The summed E-state index contributed by atoms with van der Waals surface area (Å²) in [4.78, 5) is 11.6. The summed E-state index contributed by atoms with van der Waals surface area (Å²) in [7, 11) is -2.06. The average molecular weight is 453 g/mol. The summed E-state index contributed by atoms with van der Waals surface area (Å²) in [6.07, 6.45) is -2.76. The van der Waals surface area contributed by atoms with Gasteiger partial charge in [0.25, 0.3) is 0 Å². The summed E-state index contributed by atoms with van der Waals surface area (Å²) >= 11 is 0. The molecule has 5 nitrogen and oxygen atoms in total. The van der Waals surface area contributed by atoms with Crippen LogP contribution < -0.4 is 5.63 Å². The van der Waals surface area contributed by atoms with Crippen LogP contribution in [-0.4, -0.2) is 26.3 Å². The van der Waals surface area contributed by atoms with E-state index in [0.717, 1.165) is 18.4 Å². The summed E-state index contributed by atoms with van der Waals surface area (Å²) < 4.78 is 71.3. The first-order chi connectivity index (χ1) is 14.5. The van der Waals surface area contributed by atoms with Crippen LogP contribution in [-0.2, 0) is 22.6 Å². The fourth-order valence-electron chi connectivity index (χ4n) is 3.25. The van der Waals surface area contributed by atoms with Crippen LogP contribution in [0.3, 0.4) is 0 Å². The Morgan fingerprint density at radius 3 is 2.26 bits per heavy atom. The molecule has 2 aromatic carbocycles. The van der Waals surface area contributed by atoms with Crippen LogP contribution in [0.2, 0.25) is 0 Å². The highest BCUT2D eigenvalue weighted by atomic mass is 32.2. The van der Waals surface area contributed by atoms with Gasteiger partial charge in [0.15, 0.2) is 0 Å². The van der Waals surface area contributed by atoms with Crippen LogP contribution in [0.15, 0.2) is 62.6 Å². The van der Waals surface area contributed by atoms with E-state index >= 15 is 0 Å². The zero-order valence-electron chi connectivity index (χ0n) is 17.1. The molecule has 0 aliphatic carbocycles. The van der Waals surface area contributed by atoms with Gasteiger partial charge in [-0.05, 0) is 48.2 Å². The number of halogens is 3. The Balaban J connectivity index is 1.88. The maximum Gasteiger partial charge on any atom is 0.417 e. The molecule has 0 bridgehead atoms. The second kappa shape index (κ2) is 8.84. The predicted octanol–water partition coefficient (Wildman–Crippen LogP) is 4.82. The molecule has 3 rings (SSSR count). The van der Waals surface area contributed by atoms with Gasteiger partial charge >= 0.3 is 11.8 Å². The first-order valence-electron chi connectivity index (χ1n) is 9.71.